The first-order valence-corrected chi connectivity index (χ1v) is 10.2. The summed E-state index contributed by atoms with van der Waals surface area (Å²) in [4.78, 5) is 22.7. The fourth-order valence-corrected chi connectivity index (χ4v) is 3.76. The average Bonchev–Trinajstić information content (AvgIpc) is 2.74. The number of pyridine rings is 2. The second-order valence-corrected chi connectivity index (χ2v) is 7.91. The van der Waals surface area contributed by atoms with Crippen molar-refractivity contribution < 1.29 is 4.79 Å². The fourth-order valence-electron chi connectivity index (χ4n) is 3.29. The Labute approximate surface area is 185 Å². The maximum atomic E-state index is 13.8. The number of rotatable bonds is 4. The van der Waals surface area contributed by atoms with Gasteiger partial charge in [0.25, 0.3) is 0 Å². The second kappa shape index (κ2) is 8.39. The molecule has 0 aliphatic rings. The van der Waals surface area contributed by atoms with Gasteiger partial charge in [0.05, 0.1) is 32.6 Å². The molecule has 0 aliphatic carbocycles. The van der Waals surface area contributed by atoms with Crippen LogP contribution in [0.3, 0.4) is 0 Å². The third-order valence-corrected chi connectivity index (χ3v) is 5.53. The normalized spacial score (nSPS) is 10.8. The monoisotopic (exact) mass is 432 g/mol. The van der Waals surface area contributed by atoms with Gasteiger partial charge in [0, 0.05) is 23.5 Å². The predicted octanol–water partition coefficient (Wildman–Crippen LogP) is 6.97. The van der Waals surface area contributed by atoms with E-state index in [1.165, 1.54) is 0 Å². The van der Waals surface area contributed by atoms with Gasteiger partial charge in [-0.15, -0.1) is 0 Å². The Kier molecular flexibility index (Phi) is 5.67. The van der Waals surface area contributed by atoms with E-state index >= 15 is 0 Å². The lowest BCUT2D eigenvalue weighted by atomic mass is 9.94. The second-order valence-electron chi connectivity index (χ2n) is 7.09. The van der Waals surface area contributed by atoms with Gasteiger partial charge in [0.15, 0.2) is 5.78 Å². The van der Waals surface area contributed by atoms with Crippen LogP contribution < -0.4 is 0 Å². The minimum absolute atomic E-state index is 0.308. The summed E-state index contributed by atoms with van der Waals surface area (Å²) in [6.07, 6.45) is 3.19. The van der Waals surface area contributed by atoms with Gasteiger partial charge >= 0.3 is 0 Å². The molecule has 0 amide bonds. The summed E-state index contributed by atoms with van der Waals surface area (Å²) in [5, 5.41) is 0.640. The van der Waals surface area contributed by atoms with Gasteiger partial charge in [-0.05, 0) is 26.0 Å². The largest absolute Gasteiger partial charge is 0.288 e. The Morgan fingerprint density at radius 2 is 1.00 bits per heavy atom. The summed E-state index contributed by atoms with van der Waals surface area (Å²) in [6, 6.07) is 18.8. The Bertz CT molecular complexity index is 1140. The average molecular weight is 433 g/mol. The van der Waals surface area contributed by atoms with Crippen molar-refractivity contribution in [2.45, 2.75) is 13.8 Å². The topological polar surface area (TPSA) is 42.9 Å². The Hall–Kier alpha value is -3.01. The van der Waals surface area contributed by atoms with Crippen LogP contribution in [-0.2, 0) is 0 Å². The molecule has 2 heterocycles. The van der Waals surface area contributed by atoms with Crippen molar-refractivity contribution in [2.24, 2.45) is 0 Å². The van der Waals surface area contributed by atoms with Crippen LogP contribution in [0.15, 0.2) is 73.1 Å². The van der Waals surface area contributed by atoms with Crippen molar-refractivity contribution in [3.63, 3.8) is 0 Å². The lowest BCUT2D eigenvalue weighted by Crippen LogP contribution is -2.09. The minimum atomic E-state index is -0.308. The zero-order chi connectivity index (χ0) is 21.3. The highest BCUT2D eigenvalue weighted by atomic mass is 35.5. The SMILES string of the molecule is Cc1ccc(-c2nccc(Cl)c2C(=O)c2c(Cl)ccnc2-c2ccc(C)cc2)cc1. The van der Waals surface area contributed by atoms with E-state index in [-0.39, 0.29) is 5.78 Å². The summed E-state index contributed by atoms with van der Waals surface area (Å²) in [5.41, 5.74) is 5.50. The van der Waals surface area contributed by atoms with Crippen molar-refractivity contribution in [1.29, 1.82) is 0 Å². The number of ketones is 1. The Morgan fingerprint density at radius 3 is 1.37 bits per heavy atom. The van der Waals surface area contributed by atoms with Gasteiger partial charge in [-0.3, -0.25) is 14.8 Å². The molecule has 0 saturated heterocycles. The molecule has 2 aromatic carbocycles. The number of aryl methyl sites for hydroxylation is 2. The molecule has 0 N–H and O–H groups in total. The van der Waals surface area contributed by atoms with Crippen molar-refractivity contribution in [3.8, 4) is 22.5 Å². The number of carbonyl (C=O) groups excluding carboxylic acids is 1. The molecule has 3 nitrogen and oxygen atoms in total. The van der Waals surface area contributed by atoms with E-state index in [9.17, 15) is 4.79 Å². The maximum absolute atomic E-state index is 13.8. The molecule has 0 fully saturated rings. The van der Waals surface area contributed by atoms with E-state index in [1.807, 2.05) is 62.4 Å². The quantitative estimate of drug-likeness (QED) is 0.327. The van der Waals surface area contributed by atoms with Crippen molar-refractivity contribution in [3.05, 3.63) is 105 Å². The van der Waals surface area contributed by atoms with E-state index in [4.69, 9.17) is 23.2 Å². The first kappa shape index (κ1) is 20.3. The third-order valence-electron chi connectivity index (χ3n) is 4.90. The van der Waals surface area contributed by atoms with E-state index < -0.39 is 0 Å². The van der Waals surface area contributed by atoms with Gasteiger partial charge in [-0.25, -0.2) is 0 Å². The van der Waals surface area contributed by atoms with Crippen LogP contribution in [-0.4, -0.2) is 15.8 Å². The molecular formula is C25H18Cl2N2O. The van der Waals surface area contributed by atoms with Crippen LogP contribution >= 0.6 is 23.2 Å². The number of aromatic nitrogens is 2. The van der Waals surface area contributed by atoms with E-state index in [2.05, 4.69) is 9.97 Å². The summed E-state index contributed by atoms with van der Waals surface area (Å²) >= 11 is 13.0. The highest BCUT2D eigenvalue weighted by molar-refractivity contribution is 6.39. The van der Waals surface area contributed by atoms with E-state index in [1.54, 1.807) is 24.5 Å². The van der Waals surface area contributed by atoms with Crippen LogP contribution in [0.25, 0.3) is 22.5 Å². The number of benzene rings is 2. The van der Waals surface area contributed by atoms with Gasteiger partial charge in [-0.2, -0.15) is 0 Å². The maximum Gasteiger partial charge on any atom is 0.200 e. The van der Waals surface area contributed by atoms with Crippen molar-refractivity contribution >= 4 is 29.0 Å². The van der Waals surface area contributed by atoms with Gasteiger partial charge in [-0.1, -0.05) is 82.9 Å². The molecule has 0 spiro atoms. The zero-order valence-corrected chi connectivity index (χ0v) is 18.0. The van der Waals surface area contributed by atoms with Gasteiger partial charge in [0.2, 0.25) is 0 Å². The van der Waals surface area contributed by atoms with Crippen LogP contribution in [0.1, 0.15) is 27.0 Å². The van der Waals surface area contributed by atoms with E-state index in [0.717, 1.165) is 22.3 Å². The molecule has 30 heavy (non-hydrogen) atoms. The number of hydrogen-bond acceptors (Lipinski definition) is 3. The standard InChI is InChI=1S/C25H18Cl2N2O/c1-15-3-7-17(8-4-15)23-21(19(26)11-13-28-23)25(30)22-20(27)12-14-29-24(22)18-9-5-16(2)6-10-18/h3-14H,1-2H3. The molecule has 148 valence electrons. The molecule has 2 aromatic heterocycles. The number of hydrogen-bond donors (Lipinski definition) is 0. The number of halogens is 2. The lowest BCUT2D eigenvalue weighted by Gasteiger charge is -2.14. The minimum Gasteiger partial charge on any atom is -0.288 e. The van der Waals surface area contributed by atoms with Gasteiger partial charge in [0.1, 0.15) is 0 Å². The first-order valence-electron chi connectivity index (χ1n) is 9.43. The first-order chi connectivity index (χ1) is 14.5. The molecule has 0 radical (unpaired) electrons. The van der Waals surface area contributed by atoms with Crippen molar-refractivity contribution in [2.75, 3.05) is 0 Å². The Morgan fingerprint density at radius 1 is 0.633 bits per heavy atom. The molecule has 0 saturated carbocycles. The molecule has 0 atom stereocenters. The highest BCUT2D eigenvalue weighted by Gasteiger charge is 2.25. The van der Waals surface area contributed by atoms with Gasteiger partial charge < -0.3 is 0 Å². The number of nitrogens with zero attached hydrogens (tertiary/aromatic N) is 2. The van der Waals surface area contributed by atoms with E-state index in [0.29, 0.717) is 32.6 Å². The lowest BCUT2D eigenvalue weighted by molar-refractivity contribution is 0.103. The number of carbonyl (C=O) groups is 1. The summed E-state index contributed by atoms with van der Waals surface area (Å²) in [5.74, 6) is -0.308. The van der Waals surface area contributed by atoms with Crippen LogP contribution in [0.5, 0.6) is 0 Å². The molecule has 4 rings (SSSR count). The van der Waals surface area contributed by atoms with Crippen molar-refractivity contribution in [1.82, 2.24) is 9.97 Å². The molecule has 0 unspecified atom stereocenters. The third kappa shape index (κ3) is 3.87. The molecular weight excluding hydrogens is 415 g/mol. The summed E-state index contributed by atoms with van der Waals surface area (Å²) in [7, 11) is 0. The smallest absolute Gasteiger partial charge is 0.200 e. The fraction of sp³-hybridized carbons (Fsp3) is 0.0800. The van der Waals surface area contributed by atoms with Crippen LogP contribution in [0.4, 0.5) is 0 Å². The predicted molar refractivity (Wildman–Crippen MR) is 122 cm³/mol. The highest BCUT2D eigenvalue weighted by Crippen LogP contribution is 2.34. The van der Waals surface area contributed by atoms with Crippen LogP contribution in [0.2, 0.25) is 10.0 Å². The summed E-state index contributed by atoms with van der Waals surface area (Å²) in [6.45, 7) is 4.01. The molecule has 0 bridgehead atoms. The molecule has 0 aliphatic heterocycles. The zero-order valence-electron chi connectivity index (χ0n) is 16.5. The van der Waals surface area contributed by atoms with Crippen LogP contribution in [0, 0.1) is 13.8 Å². The molecule has 4 aromatic rings. The molecule has 5 heteroatoms. The summed E-state index contributed by atoms with van der Waals surface area (Å²) < 4.78 is 0. The Balaban J connectivity index is 1.91.